The lowest BCUT2D eigenvalue weighted by Gasteiger charge is -2.29. The molecule has 2 aromatic rings. The molecular formula is C24H24BrFN2O5. The van der Waals surface area contributed by atoms with E-state index in [0.717, 1.165) is 19.6 Å². The fourth-order valence-electron chi connectivity index (χ4n) is 4.23. The minimum absolute atomic E-state index is 0.0304. The summed E-state index contributed by atoms with van der Waals surface area (Å²) in [6.07, 6.45) is 0.618. The lowest BCUT2D eigenvalue weighted by molar-refractivity contribution is -0.140. The maximum atomic E-state index is 13.6. The van der Waals surface area contributed by atoms with Crippen molar-refractivity contribution in [3.05, 3.63) is 69.5 Å². The molecule has 174 valence electrons. The number of likely N-dealkylation sites (tertiary alicyclic amines) is 1. The van der Waals surface area contributed by atoms with Crippen LogP contribution in [0.15, 0.2) is 52.5 Å². The van der Waals surface area contributed by atoms with Crippen molar-refractivity contribution in [2.45, 2.75) is 12.5 Å². The molecule has 0 saturated carbocycles. The Hall–Kier alpha value is -2.75. The zero-order valence-corrected chi connectivity index (χ0v) is 19.4. The number of rotatable bonds is 6. The first-order chi connectivity index (χ1) is 15.9. The van der Waals surface area contributed by atoms with Crippen LogP contribution in [0.1, 0.15) is 23.6 Å². The Kier molecular flexibility index (Phi) is 7.11. The summed E-state index contributed by atoms with van der Waals surface area (Å²) in [7, 11) is 0. The van der Waals surface area contributed by atoms with Gasteiger partial charge >= 0.3 is 0 Å². The highest BCUT2D eigenvalue weighted by Gasteiger charge is 2.46. The maximum Gasteiger partial charge on any atom is 0.295 e. The van der Waals surface area contributed by atoms with E-state index in [1.54, 1.807) is 6.07 Å². The summed E-state index contributed by atoms with van der Waals surface area (Å²) in [4.78, 5) is 29.7. The second-order valence-corrected chi connectivity index (χ2v) is 8.93. The number of carbonyl (C=O) groups is 2. The van der Waals surface area contributed by atoms with Gasteiger partial charge in [-0.15, -0.1) is 0 Å². The Bertz CT molecular complexity index is 1080. The highest BCUT2D eigenvalue weighted by atomic mass is 79.9. The van der Waals surface area contributed by atoms with Crippen molar-refractivity contribution >= 4 is 33.4 Å². The van der Waals surface area contributed by atoms with Crippen molar-refractivity contribution in [1.82, 2.24) is 9.80 Å². The number of halogens is 2. The van der Waals surface area contributed by atoms with Crippen LogP contribution in [0.2, 0.25) is 0 Å². The van der Waals surface area contributed by atoms with E-state index in [2.05, 4.69) is 20.8 Å². The van der Waals surface area contributed by atoms with Gasteiger partial charge in [-0.1, -0.05) is 28.1 Å². The Balaban J connectivity index is 1.70. The van der Waals surface area contributed by atoms with Gasteiger partial charge in [-0.3, -0.25) is 14.5 Å². The molecule has 1 amide bonds. The molecule has 2 fully saturated rings. The Morgan fingerprint density at radius 2 is 1.79 bits per heavy atom. The van der Waals surface area contributed by atoms with Gasteiger partial charge in [-0.25, -0.2) is 4.39 Å². The largest absolute Gasteiger partial charge is 0.507 e. The molecule has 2 N–H and O–H groups in total. The van der Waals surface area contributed by atoms with Crippen molar-refractivity contribution < 1.29 is 28.9 Å². The fourth-order valence-corrected chi connectivity index (χ4v) is 4.60. The minimum atomic E-state index is -0.895. The van der Waals surface area contributed by atoms with E-state index in [1.165, 1.54) is 41.3 Å². The molecule has 0 aromatic heterocycles. The number of phenolic OH excluding ortho intramolecular Hbond substituents is 1. The number of hydrogen-bond donors (Lipinski definition) is 2. The number of aliphatic hydroxyl groups is 1. The number of aliphatic hydroxyl groups excluding tert-OH is 1. The molecule has 9 heteroatoms. The van der Waals surface area contributed by atoms with Crippen LogP contribution in [0.5, 0.6) is 5.75 Å². The van der Waals surface area contributed by atoms with E-state index in [1.807, 2.05) is 0 Å². The van der Waals surface area contributed by atoms with Gasteiger partial charge in [-0.2, -0.15) is 0 Å². The molecule has 2 aliphatic rings. The molecule has 2 saturated heterocycles. The molecule has 2 aliphatic heterocycles. The van der Waals surface area contributed by atoms with Crippen molar-refractivity contribution in [2.75, 3.05) is 39.4 Å². The Labute approximate surface area is 199 Å². The fraction of sp³-hybridized carbons (Fsp3) is 0.333. The number of nitrogens with zero attached hydrogens (tertiary/aromatic N) is 2. The van der Waals surface area contributed by atoms with Crippen LogP contribution in [0, 0.1) is 5.82 Å². The number of amides is 1. The third-order valence-electron chi connectivity index (χ3n) is 5.92. The third-order valence-corrected chi connectivity index (χ3v) is 6.41. The zero-order valence-electron chi connectivity index (χ0n) is 17.8. The van der Waals surface area contributed by atoms with Crippen molar-refractivity contribution in [1.29, 1.82) is 0 Å². The zero-order chi connectivity index (χ0) is 23.5. The van der Waals surface area contributed by atoms with E-state index in [-0.39, 0.29) is 23.4 Å². The smallest absolute Gasteiger partial charge is 0.295 e. The number of phenols is 1. The highest BCUT2D eigenvalue weighted by Crippen LogP contribution is 2.41. The first-order valence-electron chi connectivity index (χ1n) is 10.7. The first kappa shape index (κ1) is 23.4. The van der Waals surface area contributed by atoms with Gasteiger partial charge in [0, 0.05) is 30.7 Å². The molecule has 2 aromatic carbocycles. The van der Waals surface area contributed by atoms with Crippen LogP contribution in [0.3, 0.4) is 0 Å². The van der Waals surface area contributed by atoms with Crippen LogP contribution < -0.4 is 0 Å². The topological polar surface area (TPSA) is 90.3 Å². The predicted octanol–water partition coefficient (Wildman–Crippen LogP) is 3.44. The van der Waals surface area contributed by atoms with Crippen molar-refractivity contribution in [2.24, 2.45) is 0 Å². The number of ether oxygens (including phenoxy) is 1. The summed E-state index contributed by atoms with van der Waals surface area (Å²) < 4.78 is 19.5. The lowest BCUT2D eigenvalue weighted by Crippen LogP contribution is -2.38. The monoisotopic (exact) mass is 518 g/mol. The van der Waals surface area contributed by atoms with Gasteiger partial charge in [0.05, 0.1) is 30.4 Å². The molecule has 4 rings (SSSR count). The summed E-state index contributed by atoms with van der Waals surface area (Å²) in [6.45, 7) is 3.96. The predicted molar refractivity (Wildman–Crippen MR) is 123 cm³/mol. The van der Waals surface area contributed by atoms with Crippen LogP contribution in [-0.2, 0) is 14.3 Å². The summed E-state index contributed by atoms with van der Waals surface area (Å²) in [5, 5.41) is 21.3. The van der Waals surface area contributed by atoms with Gasteiger partial charge < -0.3 is 19.8 Å². The van der Waals surface area contributed by atoms with E-state index in [9.17, 15) is 24.2 Å². The number of benzene rings is 2. The molecule has 0 aliphatic carbocycles. The quantitative estimate of drug-likeness (QED) is 0.346. The summed E-state index contributed by atoms with van der Waals surface area (Å²) >= 11 is 3.29. The van der Waals surface area contributed by atoms with E-state index >= 15 is 0 Å². The number of Topliss-reactive ketones (excluding diaryl/α,β-unsaturated/α-hetero) is 1. The molecule has 0 radical (unpaired) electrons. The number of hydrogen-bond acceptors (Lipinski definition) is 6. The van der Waals surface area contributed by atoms with E-state index < -0.39 is 29.3 Å². The summed E-state index contributed by atoms with van der Waals surface area (Å²) in [5.74, 6) is -2.73. The van der Waals surface area contributed by atoms with Gasteiger partial charge in [0.2, 0.25) is 0 Å². The van der Waals surface area contributed by atoms with Crippen LogP contribution in [0.25, 0.3) is 5.76 Å². The molecule has 0 spiro atoms. The van der Waals surface area contributed by atoms with Crippen molar-refractivity contribution in [3.63, 3.8) is 0 Å². The minimum Gasteiger partial charge on any atom is -0.507 e. The van der Waals surface area contributed by atoms with Crippen LogP contribution in [-0.4, -0.2) is 71.1 Å². The first-order valence-corrected chi connectivity index (χ1v) is 11.5. The number of carbonyl (C=O) groups excluding carboxylic acids is 2. The van der Waals surface area contributed by atoms with Gasteiger partial charge in [-0.05, 0) is 42.3 Å². The third kappa shape index (κ3) is 4.95. The second kappa shape index (κ2) is 10.0. The van der Waals surface area contributed by atoms with E-state index in [0.29, 0.717) is 29.7 Å². The van der Waals surface area contributed by atoms with E-state index in [4.69, 9.17) is 4.74 Å². The standard InChI is InChI=1S/C24H24BrFN2O5/c25-16-4-7-19(29)18(14-16)22(30)20-21(15-2-5-17(26)6-3-15)28(24(32)23(20)31)9-1-8-27-10-12-33-13-11-27/h2-7,14,21,29-30H,1,8-13H2/t21-/m1/s1. The van der Waals surface area contributed by atoms with Gasteiger partial charge in [0.1, 0.15) is 17.3 Å². The van der Waals surface area contributed by atoms with Gasteiger partial charge in [0.25, 0.3) is 11.7 Å². The number of ketones is 1. The molecule has 7 nitrogen and oxygen atoms in total. The molecule has 0 unspecified atom stereocenters. The summed E-state index contributed by atoms with van der Waals surface area (Å²) in [5.41, 5.74) is 0.396. The molecule has 2 heterocycles. The highest BCUT2D eigenvalue weighted by molar-refractivity contribution is 9.10. The average molecular weight is 519 g/mol. The SMILES string of the molecule is O=C1C(=O)N(CCCN2CCOCC2)[C@H](c2ccc(F)cc2)C1=C(O)c1cc(Br)ccc1O. The number of morpholine rings is 1. The molecular weight excluding hydrogens is 495 g/mol. The lowest BCUT2D eigenvalue weighted by atomic mass is 9.95. The molecule has 33 heavy (non-hydrogen) atoms. The Morgan fingerprint density at radius 3 is 2.48 bits per heavy atom. The average Bonchev–Trinajstić information content (AvgIpc) is 3.06. The molecule has 1 atom stereocenters. The normalized spacial score (nSPS) is 21.0. The van der Waals surface area contributed by atoms with Crippen LogP contribution in [0.4, 0.5) is 4.39 Å². The van der Waals surface area contributed by atoms with Crippen LogP contribution >= 0.6 is 15.9 Å². The van der Waals surface area contributed by atoms with Crippen molar-refractivity contribution in [3.8, 4) is 5.75 Å². The Morgan fingerprint density at radius 1 is 1.09 bits per heavy atom. The van der Waals surface area contributed by atoms with Gasteiger partial charge in [0.15, 0.2) is 0 Å². The second-order valence-electron chi connectivity index (χ2n) is 8.01. The maximum absolute atomic E-state index is 13.6. The number of aromatic hydroxyl groups is 1. The summed E-state index contributed by atoms with van der Waals surface area (Å²) in [6, 6.07) is 9.04. The molecule has 0 bridgehead atoms.